The van der Waals surface area contributed by atoms with E-state index in [9.17, 15) is 9.59 Å². The van der Waals surface area contributed by atoms with Crippen LogP contribution >= 0.6 is 22.9 Å². The number of Topliss-reactive ketones (excluding diaryl/α,β-unsaturated/α-hetero) is 1. The van der Waals surface area contributed by atoms with Gasteiger partial charge in [-0.3, -0.25) is 9.59 Å². The Bertz CT molecular complexity index is 769. The Morgan fingerprint density at radius 3 is 2.72 bits per heavy atom. The molecule has 1 aliphatic rings. The van der Waals surface area contributed by atoms with E-state index in [0.717, 1.165) is 11.7 Å². The van der Waals surface area contributed by atoms with Crippen LogP contribution in [0.1, 0.15) is 40.6 Å². The summed E-state index contributed by atoms with van der Waals surface area (Å²) in [6, 6.07) is 7.13. The van der Waals surface area contributed by atoms with E-state index in [1.54, 1.807) is 22.4 Å². The molecule has 5 nitrogen and oxygen atoms in total. The maximum absolute atomic E-state index is 12.6. The monoisotopic (exact) mass is 377 g/mol. The molecule has 132 valence electrons. The molecule has 3 rings (SSSR count). The minimum absolute atomic E-state index is 0.0657. The van der Waals surface area contributed by atoms with Crippen molar-refractivity contribution in [2.24, 2.45) is 5.92 Å². The first-order chi connectivity index (χ1) is 12.1. The highest BCUT2D eigenvalue weighted by atomic mass is 35.5. The molecule has 0 bridgehead atoms. The van der Waals surface area contributed by atoms with Gasteiger partial charge in [0.2, 0.25) is 0 Å². The van der Waals surface area contributed by atoms with Crippen molar-refractivity contribution in [1.29, 1.82) is 0 Å². The smallest absolute Gasteiger partial charge is 0.273 e. The molecule has 1 aromatic heterocycles. The van der Waals surface area contributed by atoms with Gasteiger partial charge in [-0.1, -0.05) is 23.7 Å². The van der Waals surface area contributed by atoms with Crippen LogP contribution in [0.4, 0.5) is 5.13 Å². The minimum atomic E-state index is -0.0864. The molecule has 1 amide bonds. The van der Waals surface area contributed by atoms with Crippen molar-refractivity contribution in [2.75, 3.05) is 25.0 Å². The number of thiazole rings is 1. The fraction of sp³-hybridized carbons (Fsp3) is 0.389. The van der Waals surface area contributed by atoms with Gasteiger partial charge in [0, 0.05) is 36.5 Å². The number of nitrogens with zero attached hydrogens (tertiary/aromatic N) is 2. The summed E-state index contributed by atoms with van der Waals surface area (Å²) in [6.07, 6.45) is 1.31. The number of carbonyl (C=O) groups is 2. The Balaban J connectivity index is 1.60. The molecule has 1 aromatic carbocycles. The van der Waals surface area contributed by atoms with E-state index in [1.165, 1.54) is 11.3 Å². The van der Waals surface area contributed by atoms with E-state index >= 15 is 0 Å². The third-order valence-electron chi connectivity index (χ3n) is 4.34. The number of rotatable bonds is 5. The second kappa shape index (κ2) is 7.97. The zero-order valence-electron chi connectivity index (χ0n) is 14.0. The normalized spacial score (nSPS) is 15.2. The van der Waals surface area contributed by atoms with E-state index in [1.807, 2.05) is 19.1 Å². The summed E-state index contributed by atoms with van der Waals surface area (Å²) in [6.45, 7) is 3.89. The molecule has 1 fully saturated rings. The number of anilines is 1. The number of hydrogen-bond donors (Lipinski definition) is 1. The van der Waals surface area contributed by atoms with Gasteiger partial charge in [-0.2, -0.15) is 0 Å². The SMILES string of the molecule is CCNc1nc(C(=O)N2CCC(C(=O)c3ccccc3Cl)CC2)cs1. The number of nitrogens with one attached hydrogen (secondary N) is 1. The maximum atomic E-state index is 12.6. The highest BCUT2D eigenvalue weighted by molar-refractivity contribution is 7.13. The van der Waals surface area contributed by atoms with Gasteiger partial charge < -0.3 is 10.2 Å². The summed E-state index contributed by atoms with van der Waals surface area (Å²) < 4.78 is 0. The number of hydrogen-bond acceptors (Lipinski definition) is 5. The Morgan fingerprint density at radius 1 is 1.32 bits per heavy atom. The van der Waals surface area contributed by atoms with Crippen molar-refractivity contribution >= 4 is 39.8 Å². The highest BCUT2D eigenvalue weighted by Gasteiger charge is 2.29. The van der Waals surface area contributed by atoms with Gasteiger partial charge >= 0.3 is 0 Å². The molecule has 1 aliphatic heterocycles. The Morgan fingerprint density at radius 2 is 2.04 bits per heavy atom. The fourth-order valence-corrected chi connectivity index (χ4v) is 3.98. The summed E-state index contributed by atoms with van der Waals surface area (Å²) in [5.74, 6) is -0.0819. The van der Waals surface area contributed by atoms with Gasteiger partial charge in [-0.05, 0) is 31.9 Å². The number of halogens is 1. The number of benzene rings is 1. The zero-order valence-corrected chi connectivity index (χ0v) is 15.6. The minimum Gasteiger partial charge on any atom is -0.362 e. The average molecular weight is 378 g/mol. The predicted octanol–water partition coefficient (Wildman–Crippen LogP) is 3.96. The number of ketones is 1. The van der Waals surface area contributed by atoms with Crippen molar-refractivity contribution in [1.82, 2.24) is 9.88 Å². The number of aromatic nitrogens is 1. The number of piperidine rings is 1. The molecule has 7 heteroatoms. The summed E-state index contributed by atoms with van der Waals surface area (Å²) >= 11 is 7.56. The quantitative estimate of drug-likeness (QED) is 0.801. The van der Waals surface area contributed by atoms with Crippen LogP contribution in [0, 0.1) is 5.92 Å². The third kappa shape index (κ3) is 4.02. The van der Waals surface area contributed by atoms with E-state index < -0.39 is 0 Å². The second-order valence-electron chi connectivity index (χ2n) is 5.98. The van der Waals surface area contributed by atoms with Gasteiger partial charge in [0.05, 0.1) is 5.02 Å². The predicted molar refractivity (Wildman–Crippen MR) is 101 cm³/mol. The van der Waals surface area contributed by atoms with Crippen molar-refractivity contribution in [3.8, 4) is 0 Å². The zero-order chi connectivity index (χ0) is 17.8. The van der Waals surface area contributed by atoms with Crippen molar-refractivity contribution in [2.45, 2.75) is 19.8 Å². The highest BCUT2D eigenvalue weighted by Crippen LogP contribution is 2.26. The second-order valence-corrected chi connectivity index (χ2v) is 7.24. The van der Waals surface area contributed by atoms with Gasteiger partial charge in [-0.25, -0.2) is 4.98 Å². The molecule has 25 heavy (non-hydrogen) atoms. The molecule has 0 unspecified atom stereocenters. The topological polar surface area (TPSA) is 62.3 Å². The standard InChI is InChI=1S/C18H20ClN3O2S/c1-2-20-18-21-15(11-25-18)17(24)22-9-7-12(8-10-22)16(23)13-5-3-4-6-14(13)19/h3-6,11-12H,2,7-10H2,1H3,(H,20,21). The average Bonchev–Trinajstić information content (AvgIpc) is 3.10. The van der Waals surface area contributed by atoms with Gasteiger partial charge in [0.15, 0.2) is 10.9 Å². The van der Waals surface area contributed by atoms with E-state index in [4.69, 9.17) is 11.6 Å². The molecule has 2 heterocycles. The lowest BCUT2D eigenvalue weighted by molar-refractivity contribution is 0.0646. The van der Waals surface area contributed by atoms with Crippen molar-refractivity contribution in [3.63, 3.8) is 0 Å². The molecule has 1 saturated heterocycles. The van der Waals surface area contributed by atoms with Gasteiger partial charge in [-0.15, -0.1) is 11.3 Å². The van der Waals surface area contributed by atoms with E-state index in [-0.39, 0.29) is 17.6 Å². The molecule has 0 saturated carbocycles. The molecular weight excluding hydrogens is 358 g/mol. The molecular formula is C18H20ClN3O2S. The van der Waals surface area contributed by atoms with E-state index in [0.29, 0.717) is 42.2 Å². The number of amides is 1. The van der Waals surface area contributed by atoms with Crippen LogP contribution in [0.3, 0.4) is 0 Å². The van der Waals surface area contributed by atoms with Crippen LogP contribution in [0.2, 0.25) is 5.02 Å². The van der Waals surface area contributed by atoms with Gasteiger partial charge in [0.25, 0.3) is 5.91 Å². The number of carbonyl (C=O) groups excluding carboxylic acids is 2. The first-order valence-corrected chi connectivity index (χ1v) is 9.63. The van der Waals surface area contributed by atoms with Crippen molar-refractivity contribution in [3.05, 3.63) is 45.9 Å². The molecule has 0 radical (unpaired) electrons. The Labute approximate surface area is 156 Å². The lowest BCUT2D eigenvalue weighted by atomic mass is 9.89. The molecule has 0 spiro atoms. The van der Waals surface area contributed by atoms with Crippen LogP contribution < -0.4 is 5.32 Å². The lowest BCUT2D eigenvalue weighted by Crippen LogP contribution is -2.40. The lowest BCUT2D eigenvalue weighted by Gasteiger charge is -2.31. The molecule has 2 aromatic rings. The Hall–Kier alpha value is -1.92. The van der Waals surface area contributed by atoms with Crippen LogP contribution in [0.15, 0.2) is 29.6 Å². The first-order valence-electron chi connectivity index (χ1n) is 8.37. The van der Waals surface area contributed by atoms with Crippen molar-refractivity contribution < 1.29 is 9.59 Å². The Kier molecular flexibility index (Phi) is 5.71. The van der Waals surface area contributed by atoms with Crippen LogP contribution in [0.5, 0.6) is 0 Å². The fourth-order valence-electron chi connectivity index (χ4n) is 2.99. The van der Waals surface area contributed by atoms with Gasteiger partial charge in [0.1, 0.15) is 5.69 Å². The maximum Gasteiger partial charge on any atom is 0.273 e. The summed E-state index contributed by atoms with van der Waals surface area (Å²) in [7, 11) is 0. The summed E-state index contributed by atoms with van der Waals surface area (Å²) in [4.78, 5) is 31.3. The third-order valence-corrected chi connectivity index (χ3v) is 5.47. The number of likely N-dealkylation sites (tertiary alicyclic amines) is 1. The molecule has 0 atom stereocenters. The molecule has 0 aliphatic carbocycles. The van der Waals surface area contributed by atoms with Crippen LogP contribution in [-0.4, -0.2) is 41.2 Å². The summed E-state index contributed by atoms with van der Waals surface area (Å²) in [5, 5.41) is 6.14. The first kappa shape index (κ1) is 17.9. The summed E-state index contributed by atoms with van der Waals surface area (Å²) in [5.41, 5.74) is 1.04. The largest absolute Gasteiger partial charge is 0.362 e. The van der Waals surface area contributed by atoms with E-state index in [2.05, 4.69) is 10.3 Å². The van der Waals surface area contributed by atoms with Crippen LogP contribution in [0.25, 0.3) is 0 Å². The van der Waals surface area contributed by atoms with Crippen LogP contribution in [-0.2, 0) is 0 Å². The molecule has 1 N–H and O–H groups in total.